The molecule has 0 amide bonds. The first-order chi connectivity index (χ1) is 41.4. The van der Waals surface area contributed by atoms with Crippen LogP contribution in [0.4, 0.5) is 68.2 Å². The number of fused-ring (bicyclic) bond motifs is 4. The Morgan fingerprint density at radius 3 is 0.476 bits per heavy atom. The van der Waals surface area contributed by atoms with Crippen molar-refractivity contribution in [1.29, 1.82) is 0 Å². The second-order valence-electron chi connectivity index (χ2n) is 21.6. The van der Waals surface area contributed by atoms with Gasteiger partial charge in [-0.05, 0) is 147 Å². The minimum Gasteiger partial charge on any atom is -0.309 e. The molecule has 0 atom stereocenters. The van der Waals surface area contributed by atoms with E-state index >= 15 is 0 Å². The van der Waals surface area contributed by atoms with Crippen molar-refractivity contribution in [2.75, 3.05) is 19.6 Å². The molecule has 0 unspecified atom stereocenters. The van der Waals surface area contributed by atoms with Gasteiger partial charge in [-0.3, -0.25) is 0 Å². The summed E-state index contributed by atoms with van der Waals surface area (Å²) in [5.41, 5.74) is 18.7. The van der Waals surface area contributed by atoms with Gasteiger partial charge in [0.15, 0.2) is 0 Å². The molecule has 14 aromatic carbocycles. The second-order valence-corrected chi connectivity index (χ2v) is 21.6. The lowest BCUT2D eigenvalue weighted by atomic mass is 9.95. The van der Waals surface area contributed by atoms with E-state index in [0.29, 0.717) is 0 Å². The third kappa shape index (κ3) is 10.3. The van der Waals surface area contributed by atoms with E-state index in [4.69, 9.17) is 0 Å². The molecule has 0 fully saturated rings. The highest BCUT2D eigenvalue weighted by Crippen LogP contribution is 2.53. The zero-order valence-electron chi connectivity index (χ0n) is 47.8. The normalized spacial score (nSPS) is 11.1. The molecule has 404 valence electrons. The third-order valence-corrected chi connectivity index (χ3v) is 15.7. The van der Waals surface area contributed by atoms with Crippen LogP contribution in [-0.2, 0) is 0 Å². The molecule has 0 bridgehead atoms. The lowest BCUT2D eigenvalue weighted by molar-refractivity contribution is 1.28. The van der Waals surface area contributed by atoms with Crippen LogP contribution in [0.25, 0.3) is 43.1 Å². The van der Waals surface area contributed by atoms with Crippen LogP contribution in [0.2, 0.25) is 0 Å². The molecule has 0 N–H and O–H groups in total. The predicted octanol–water partition coefficient (Wildman–Crippen LogP) is 23.1. The summed E-state index contributed by atoms with van der Waals surface area (Å²) in [6.07, 6.45) is 0. The minimum absolute atomic E-state index is 1.13. The molecule has 0 aromatic heterocycles. The molecule has 14 rings (SSSR count). The quantitative estimate of drug-likeness (QED) is 0.0893. The smallest absolute Gasteiger partial charge is 0.0619 e. The van der Waals surface area contributed by atoms with E-state index in [1.807, 2.05) is 0 Å². The summed E-state index contributed by atoms with van der Waals surface area (Å²) in [7, 11) is 0. The van der Waals surface area contributed by atoms with E-state index in [0.717, 1.165) is 45.5 Å². The zero-order chi connectivity index (χ0) is 56.9. The van der Waals surface area contributed by atoms with Gasteiger partial charge in [0.2, 0.25) is 0 Å². The maximum atomic E-state index is 2.42. The predicted molar refractivity (Wildman–Crippen MR) is 361 cm³/mol. The zero-order valence-corrected chi connectivity index (χ0v) is 47.8. The Morgan fingerprint density at radius 2 is 0.310 bits per heavy atom. The fraction of sp³-hybridized carbons (Fsp3) is 0.0500. The van der Waals surface area contributed by atoms with Gasteiger partial charge >= 0.3 is 0 Å². The highest BCUT2D eigenvalue weighted by Gasteiger charge is 2.27. The average Bonchev–Trinajstić information content (AvgIpc) is 1.60. The molecule has 4 nitrogen and oxygen atoms in total. The van der Waals surface area contributed by atoms with Gasteiger partial charge in [-0.15, -0.1) is 0 Å². The van der Waals surface area contributed by atoms with E-state index in [1.165, 1.54) is 88.1 Å². The van der Waals surface area contributed by atoms with Crippen molar-refractivity contribution in [3.8, 4) is 0 Å². The molecule has 14 aromatic rings. The van der Waals surface area contributed by atoms with E-state index < -0.39 is 0 Å². The van der Waals surface area contributed by atoms with Gasteiger partial charge in [0.25, 0.3) is 0 Å². The Labute approximate surface area is 493 Å². The van der Waals surface area contributed by atoms with Crippen LogP contribution >= 0.6 is 0 Å². The van der Waals surface area contributed by atoms with Gasteiger partial charge in [0, 0.05) is 88.6 Å². The number of anilines is 12. The Bertz CT molecular complexity index is 3910. The monoisotopic (exact) mass is 1080 g/mol. The number of benzene rings is 14. The summed E-state index contributed by atoms with van der Waals surface area (Å²) in [6.45, 7) is 8.63. The maximum absolute atomic E-state index is 2.42. The van der Waals surface area contributed by atoms with Crippen LogP contribution in [0.5, 0.6) is 0 Å². The topological polar surface area (TPSA) is 13.0 Å². The van der Waals surface area contributed by atoms with Gasteiger partial charge in [0.1, 0.15) is 0 Å². The SMILES string of the molecule is Cc1cccc(N(c2ccccc2)c2c3ccccc3c(N(c3ccccc3)c3cccc(C)c3)c3ccccc23)c1.Cc1cccc(N(c2ccccc2)c2c3ccccc3c(N(c3ccccc3)c3cccc(C)c3)c3ccccc23)c1. The largest absolute Gasteiger partial charge is 0.309 e. The van der Waals surface area contributed by atoms with E-state index in [-0.39, 0.29) is 0 Å². The lowest BCUT2D eigenvalue weighted by Gasteiger charge is -2.33. The number of rotatable bonds is 12. The van der Waals surface area contributed by atoms with Gasteiger partial charge in [-0.1, -0.05) is 218 Å². The summed E-state index contributed by atoms with van der Waals surface area (Å²) in [6, 6.07) is 113. The van der Waals surface area contributed by atoms with Gasteiger partial charge < -0.3 is 19.6 Å². The fourth-order valence-corrected chi connectivity index (χ4v) is 12.1. The number of hydrogen-bond acceptors (Lipinski definition) is 4. The molecule has 0 aliphatic rings. The molecule has 0 aliphatic heterocycles. The van der Waals surface area contributed by atoms with Crippen molar-refractivity contribution in [2.24, 2.45) is 0 Å². The maximum Gasteiger partial charge on any atom is 0.0619 e. The number of para-hydroxylation sites is 4. The fourth-order valence-electron chi connectivity index (χ4n) is 12.1. The van der Waals surface area contributed by atoms with Crippen LogP contribution in [0.3, 0.4) is 0 Å². The highest BCUT2D eigenvalue weighted by atomic mass is 15.2. The molecule has 0 saturated carbocycles. The number of aryl methyl sites for hydroxylation is 4. The summed E-state index contributed by atoms with van der Waals surface area (Å²) in [5.74, 6) is 0. The van der Waals surface area contributed by atoms with Crippen LogP contribution in [-0.4, -0.2) is 0 Å². The van der Waals surface area contributed by atoms with Crippen molar-refractivity contribution in [3.05, 3.63) is 338 Å². The number of hydrogen-bond donors (Lipinski definition) is 0. The van der Waals surface area contributed by atoms with Crippen molar-refractivity contribution >= 4 is 111 Å². The van der Waals surface area contributed by atoms with Crippen molar-refractivity contribution in [3.63, 3.8) is 0 Å². The molecular formula is C80H64N4. The molecule has 0 saturated heterocycles. The Kier molecular flexibility index (Phi) is 14.7. The lowest BCUT2D eigenvalue weighted by Crippen LogP contribution is -2.14. The Morgan fingerprint density at radius 1 is 0.155 bits per heavy atom. The Balaban J connectivity index is 0.000000157. The molecule has 0 heterocycles. The first-order valence-corrected chi connectivity index (χ1v) is 28.9. The van der Waals surface area contributed by atoms with Crippen LogP contribution in [0.15, 0.2) is 315 Å². The third-order valence-electron chi connectivity index (χ3n) is 15.7. The minimum atomic E-state index is 1.13. The number of nitrogens with zero attached hydrogens (tertiary/aromatic N) is 4. The van der Waals surface area contributed by atoms with Crippen LogP contribution in [0.1, 0.15) is 22.3 Å². The molecule has 4 heteroatoms. The summed E-state index contributed by atoms with van der Waals surface area (Å²) >= 11 is 0. The van der Waals surface area contributed by atoms with Crippen molar-refractivity contribution < 1.29 is 0 Å². The molecule has 0 radical (unpaired) electrons. The standard InChI is InChI=1S/2C40H32N2/c2*1-29-15-13-21-33(27-29)41(31-17-5-3-6-18-31)39-35-23-9-11-25-37(35)40(38-26-12-10-24-36(38)39)42(32-19-7-4-8-20-32)34-22-14-16-30(2)28-34/h2*3-28H,1-2H3. The summed E-state index contributed by atoms with van der Waals surface area (Å²) in [4.78, 5) is 9.67. The van der Waals surface area contributed by atoms with Gasteiger partial charge in [-0.25, -0.2) is 0 Å². The Hall–Kier alpha value is -10.7. The highest BCUT2D eigenvalue weighted by molar-refractivity contribution is 6.25. The first kappa shape index (κ1) is 52.7. The molecule has 84 heavy (non-hydrogen) atoms. The first-order valence-electron chi connectivity index (χ1n) is 28.9. The van der Waals surface area contributed by atoms with E-state index in [9.17, 15) is 0 Å². The second kappa shape index (κ2) is 23.4. The summed E-state index contributed by atoms with van der Waals surface area (Å²) in [5, 5.41) is 9.59. The van der Waals surface area contributed by atoms with Crippen LogP contribution in [0, 0.1) is 27.7 Å². The van der Waals surface area contributed by atoms with E-state index in [2.05, 4.69) is 363 Å². The summed E-state index contributed by atoms with van der Waals surface area (Å²) < 4.78 is 0. The molecule has 0 aliphatic carbocycles. The molecular weight excluding hydrogens is 1020 g/mol. The average molecular weight is 1080 g/mol. The van der Waals surface area contributed by atoms with E-state index in [1.54, 1.807) is 0 Å². The molecule has 0 spiro atoms. The van der Waals surface area contributed by atoms with Crippen molar-refractivity contribution in [2.45, 2.75) is 27.7 Å². The van der Waals surface area contributed by atoms with Crippen LogP contribution < -0.4 is 19.6 Å². The van der Waals surface area contributed by atoms with Gasteiger partial charge in [0.05, 0.1) is 22.7 Å². The van der Waals surface area contributed by atoms with Crippen molar-refractivity contribution in [1.82, 2.24) is 0 Å². The van der Waals surface area contributed by atoms with Gasteiger partial charge in [-0.2, -0.15) is 0 Å².